The Kier molecular flexibility index (Phi) is 4.35. The highest BCUT2D eigenvalue weighted by atomic mass is 32.1. The predicted octanol–water partition coefficient (Wildman–Crippen LogP) is 4.56. The number of anilines is 2. The van der Waals surface area contributed by atoms with Crippen molar-refractivity contribution in [1.82, 2.24) is 0 Å². The van der Waals surface area contributed by atoms with Crippen LogP contribution in [0.5, 0.6) is 0 Å². The fourth-order valence-electron chi connectivity index (χ4n) is 1.83. The van der Waals surface area contributed by atoms with Crippen LogP contribution in [0.25, 0.3) is 0 Å². The summed E-state index contributed by atoms with van der Waals surface area (Å²) in [6, 6.07) is 11.1. The lowest BCUT2D eigenvalue weighted by atomic mass is 10.1. The number of thiocarbonyl (C=S) groups is 1. The van der Waals surface area contributed by atoms with Gasteiger partial charge in [-0.2, -0.15) is 0 Å². The minimum Gasteiger partial charge on any atom is -0.332 e. The summed E-state index contributed by atoms with van der Waals surface area (Å²) in [7, 11) is 0. The first-order valence-corrected chi connectivity index (χ1v) is 6.78. The van der Waals surface area contributed by atoms with E-state index in [9.17, 15) is 4.39 Å². The predicted molar refractivity (Wildman–Crippen MR) is 86.9 cm³/mol. The second-order valence-corrected chi connectivity index (χ2v) is 5.27. The van der Waals surface area contributed by atoms with Crippen molar-refractivity contribution in [2.45, 2.75) is 20.8 Å². The van der Waals surface area contributed by atoms with Crippen molar-refractivity contribution in [2.75, 3.05) is 10.6 Å². The quantitative estimate of drug-likeness (QED) is 0.792. The summed E-state index contributed by atoms with van der Waals surface area (Å²) >= 11 is 5.25. The molecule has 0 saturated carbocycles. The van der Waals surface area contributed by atoms with Gasteiger partial charge >= 0.3 is 0 Å². The van der Waals surface area contributed by atoms with Gasteiger partial charge < -0.3 is 10.6 Å². The monoisotopic (exact) mass is 288 g/mol. The molecule has 0 bridgehead atoms. The molecule has 0 atom stereocenters. The van der Waals surface area contributed by atoms with Gasteiger partial charge in [0, 0.05) is 11.4 Å². The van der Waals surface area contributed by atoms with Crippen molar-refractivity contribution in [3.63, 3.8) is 0 Å². The van der Waals surface area contributed by atoms with Crippen molar-refractivity contribution >= 4 is 28.7 Å². The largest absolute Gasteiger partial charge is 0.332 e. The van der Waals surface area contributed by atoms with E-state index in [-0.39, 0.29) is 5.82 Å². The maximum atomic E-state index is 13.5. The van der Waals surface area contributed by atoms with Crippen molar-refractivity contribution in [2.24, 2.45) is 0 Å². The Morgan fingerprint density at radius 3 is 2.35 bits per heavy atom. The van der Waals surface area contributed by atoms with Gasteiger partial charge in [-0.15, -0.1) is 0 Å². The SMILES string of the molecule is Cc1ccc(C)c(NC(=S)Nc2ccc(C)c(F)c2)c1. The minimum absolute atomic E-state index is 0.246. The topological polar surface area (TPSA) is 24.1 Å². The molecule has 0 fully saturated rings. The average Bonchev–Trinajstić information content (AvgIpc) is 2.38. The molecule has 2 aromatic carbocycles. The van der Waals surface area contributed by atoms with Crippen LogP contribution in [-0.2, 0) is 0 Å². The zero-order valence-corrected chi connectivity index (χ0v) is 12.6. The lowest BCUT2D eigenvalue weighted by molar-refractivity contribution is 0.619. The molecule has 0 unspecified atom stereocenters. The summed E-state index contributed by atoms with van der Waals surface area (Å²) in [5, 5.41) is 6.56. The first kappa shape index (κ1) is 14.5. The molecule has 20 heavy (non-hydrogen) atoms. The van der Waals surface area contributed by atoms with Crippen LogP contribution in [0, 0.1) is 26.6 Å². The fourth-order valence-corrected chi connectivity index (χ4v) is 2.05. The molecule has 104 valence electrons. The number of hydrogen-bond acceptors (Lipinski definition) is 1. The highest BCUT2D eigenvalue weighted by Gasteiger charge is 2.04. The molecule has 0 aliphatic carbocycles. The van der Waals surface area contributed by atoms with Crippen LogP contribution in [0.2, 0.25) is 0 Å². The first-order chi connectivity index (χ1) is 9.45. The van der Waals surface area contributed by atoms with E-state index < -0.39 is 0 Å². The molecule has 0 saturated heterocycles. The summed E-state index contributed by atoms with van der Waals surface area (Å²) in [5.74, 6) is -0.246. The van der Waals surface area contributed by atoms with Gasteiger partial charge in [-0.05, 0) is 67.9 Å². The summed E-state index contributed by atoms with van der Waals surface area (Å²) < 4.78 is 13.5. The van der Waals surface area contributed by atoms with Crippen LogP contribution < -0.4 is 10.6 Å². The number of nitrogens with one attached hydrogen (secondary N) is 2. The third-order valence-electron chi connectivity index (χ3n) is 3.07. The van der Waals surface area contributed by atoms with Crippen LogP contribution >= 0.6 is 12.2 Å². The van der Waals surface area contributed by atoms with E-state index in [4.69, 9.17) is 12.2 Å². The Hall–Kier alpha value is -1.94. The Bertz CT molecular complexity index is 653. The van der Waals surface area contributed by atoms with Crippen LogP contribution in [0.15, 0.2) is 36.4 Å². The van der Waals surface area contributed by atoms with Crippen LogP contribution in [0.4, 0.5) is 15.8 Å². The van der Waals surface area contributed by atoms with Gasteiger partial charge in [0.1, 0.15) is 5.82 Å². The molecular formula is C16H17FN2S. The molecule has 0 aliphatic rings. The maximum Gasteiger partial charge on any atom is 0.175 e. The van der Waals surface area contributed by atoms with Gasteiger partial charge in [0.05, 0.1) is 0 Å². The molecule has 2 rings (SSSR count). The van der Waals surface area contributed by atoms with Gasteiger partial charge in [0.15, 0.2) is 5.11 Å². The van der Waals surface area contributed by atoms with Gasteiger partial charge in [0.2, 0.25) is 0 Å². The van der Waals surface area contributed by atoms with Crippen molar-refractivity contribution in [3.8, 4) is 0 Å². The molecule has 0 aliphatic heterocycles. The van der Waals surface area contributed by atoms with Gasteiger partial charge in [0.25, 0.3) is 0 Å². The first-order valence-electron chi connectivity index (χ1n) is 6.37. The Balaban J connectivity index is 2.09. The Morgan fingerprint density at radius 2 is 1.65 bits per heavy atom. The van der Waals surface area contributed by atoms with Crippen molar-refractivity contribution in [1.29, 1.82) is 0 Å². The number of halogens is 1. The van der Waals surface area contributed by atoms with E-state index in [1.807, 2.05) is 32.0 Å². The number of aryl methyl sites for hydroxylation is 3. The smallest absolute Gasteiger partial charge is 0.175 e. The van der Waals surface area contributed by atoms with Crippen LogP contribution in [0.3, 0.4) is 0 Å². The molecule has 0 radical (unpaired) electrons. The Morgan fingerprint density at radius 1 is 0.950 bits per heavy atom. The average molecular weight is 288 g/mol. The van der Waals surface area contributed by atoms with E-state index in [1.165, 1.54) is 6.07 Å². The van der Waals surface area contributed by atoms with E-state index in [2.05, 4.69) is 10.6 Å². The van der Waals surface area contributed by atoms with Gasteiger partial charge in [-0.25, -0.2) is 4.39 Å². The number of hydrogen-bond donors (Lipinski definition) is 2. The molecule has 0 heterocycles. The third kappa shape index (κ3) is 3.54. The number of rotatable bonds is 2. The molecule has 2 nitrogen and oxygen atoms in total. The zero-order valence-electron chi connectivity index (χ0n) is 11.8. The molecule has 0 amide bonds. The summed E-state index contributed by atoms with van der Waals surface area (Å²) in [5.41, 5.74) is 4.46. The van der Waals surface area contributed by atoms with E-state index in [0.29, 0.717) is 16.4 Å². The highest BCUT2D eigenvalue weighted by molar-refractivity contribution is 7.80. The van der Waals surface area contributed by atoms with Crippen LogP contribution in [-0.4, -0.2) is 5.11 Å². The maximum absolute atomic E-state index is 13.5. The normalized spacial score (nSPS) is 10.2. The zero-order chi connectivity index (χ0) is 14.7. The molecule has 0 spiro atoms. The summed E-state index contributed by atoms with van der Waals surface area (Å²) in [6.07, 6.45) is 0. The lowest BCUT2D eigenvalue weighted by Gasteiger charge is -2.13. The van der Waals surface area contributed by atoms with Crippen molar-refractivity contribution < 1.29 is 4.39 Å². The van der Waals surface area contributed by atoms with Gasteiger partial charge in [-0.3, -0.25) is 0 Å². The second kappa shape index (κ2) is 6.01. The second-order valence-electron chi connectivity index (χ2n) is 4.86. The molecule has 2 aromatic rings. The van der Waals surface area contributed by atoms with E-state index in [0.717, 1.165) is 16.8 Å². The lowest BCUT2D eigenvalue weighted by Crippen LogP contribution is -2.19. The molecule has 4 heteroatoms. The van der Waals surface area contributed by atoms with Crippen LogP contribution in [0.1, 0.15) is 16.7 Å². The van der Waals surface area contributed by atoms with E-state index in [1.54, 1.807) is 19.1 Å². The summed E-state index contributed by atoms with van der Waals surface area (Å²) in [6.45, 7) is 5.76. The molecule has 0 aromatic heterocycles. The fraction of sp³-hybridized carbons (Fsp3) is 0.188. The van der Waals surface area contributed by atoms with E-state index >= 15 is 0 Å². The van der Waals surface area contributed by atoms with Crippen molar-refractivity contribution in [3.05, 3.63) is 58.9 Å². The molecular weight excluding hydrogens is 271 g/mol. The highest BCUT2D eigenvalue weighted by Crippen LogP contribution is 2.18. The molecule has 2 N–H and O–H groups in total. The number of benzene rings is 2. The summed E-state index contributed by atoms with van der Waals surface area (Å²) in [4.78, 5) is 0. The third-order valence-corrected chi connectivity index (χ3v) is 3.28. The minimum atomic E-state index is -0.246. The Labute approximate surface area is 124 Å². The standard InChI is InChI=1S/C16H17FN2S/c1-10-4-5-12(3)15(8-10)19-16(20)18-13-7-6-11(2)14(17)9-13/h4-9H,1-3H3,(H2,18,19,20). The van der Waals surface area contributed by atoms with Gasteiger partial charge in [-0.1, -0.05) is 18.2 Å².